The van der Waals surface area contributed by atoms with Gasteiger partial charge in [-0.3, -0.25) is 9.59 Å². The molecule has 0 aliphatic carbocycles. The van der Waals surface area contributed by atoms with E-state index in [2.05, 4.69) is 5.32 Å². The molecular weight excluding hydrogens is 268 g/mol. The van der Waals surface area contributed by atoms with Crippen molar-refractivity contribution in [2.24, 2.45) is 0 Å². The van der Waals surface area contributed by atoms with Crippen molar-refractivity contribution in [2.45, 2.75) is 31.8 Å². The topological polar surface area (TPSA) is 69.6 Å². The van der Waals surface area contributed by atoms with Crippen molar-refractivity contribution in [3.63, 3.8) is 0 Å². The molecule has 1 saturated heterocycles. The van der Waals surface area contributed by atoms with E-state index in [0.29, 0.717) is 5.56 Å². The largest absolute Gasteiger partial charge is 0.378 e. The summed E-state index contributed by atoms with van der Waals surface area (Å²) in [6.45, 7) is 1.90. The zero-order valence-corrected chi connectivity index (χ0v) is 12.1. The van der Waals surface area contributed by atoms with Crippen molar-refractivity contribution >= 4 is 11.8 Å². The summed E-state index contributed by atoms with van der Waals surface area (Å²) >= 11 is 0. The third-order valence-electron chi connectivity index (χ3n) is 3.71. The van der Waals surface area contributed by atoms with E-state index in [1.54, 1.807) is 24.3 Å². The molecule has 1 heterocycles. The Labute approximate surface area is 125 Å². The molecule has 2 rings (SSSR count). The number of nitrogens with zero attached hydrogens (tertiary/aromatic N) is 1. The molecule has 1 aliphatic heterocycles. The minimum absolute atomic E-state index is 0.0733. The predicted octanol–water partition coefficient (Wildman–Crippen LogP) is 1.24. The molecule has 5 heteroatoms. The van der Waals surface area contributed by atoms with Crippen LogP contribution in [0.3, 0.4) is 0 Å². The van der Waals surface area contributed by atoms with Crippen molar-refractivity contribution in [1.29, 1.82) is 0 Å². The highest BCUT2D eigenvalue weighted by Gasteiger charge is 2.19. The maximum Gasteiger partial charge on any atom is 0.253 e. The number of hydrogen-bond acceptors (Lipinski definition) is 3. The van der Waals surface area contributed by atoms with E-state index in [1.807, 2.05) is 11.0 Å². The summed E-state index contributed by atoms with van der Waals surface area (Å²) < 4.78 is 0. The van der Waals surface area contributed by atoms with Gasteiger partial charge in [-0.15, -0.1) is 0 Å². The molecule has 1 unspecified atom stereocenters. The summed E-state index contributed by atoms with van der Waals surface area (Å²) in [6, 6.07) is 8.76. The highest BCUT2D eigenvalue weighted by Crippen LogP contribution is 2.12. The van der Waals surface area contributed by atoms with Crippen LogP contribution in [0.4, 0.5) is 0 Å². The van der Waals surface area contributed by atoms with Crippen LogP contribution in [0, 0.1) is 0 Å². The van der Waals surface area contributed by atoms with Crippen LogP contribution in [0.5, 0.6) is 0 Å². The second-order valence-electron chi connectivity index (χ2n) is 5.30. The second kappa shape index (κ2) is 7.78. The Balaban J connectivity index is 1.72. The van der Waals surface area contributed by atoms with Crippen molar-refractivity contribution in [3.05, 3.63) is 35.9 Å². The second-order valence-corrected chi connectivity index (χ2v) is 5.30. The Morgan fingerprint density at radius 2 is 1.81 bits per heavy atom. The molecule has 1 aromatic rings. The number of amides is 2. The number of aliphatic hydroxyl groups excluding tert-OH is 1. The van der Waals surface area contributed by atoms with E-state index < -0.39 is 12.0 Å². The molecule has 1 fully saturated rings. The number of hydrogen-bond donors (Lipinski definition) is 2. The first-order valence-corrected chi connectivity index (χ1v) is 7.47. The Bertz CT molecular complexity index is 470. The molecule has 2 amide bonds. The number of aliphatic hydroxyl groups is 1. The lowest BCUT2D eigenvalue weighted by Gasteiger charge is -2.26. The highest BCUT2D eigenvalue weighted by atomic mass is 16.3. The van der Waals surface area contributed by atoms with Crippen molar-refractivity contribution in [3.8, 4) is 0 Å². The molecule has 114 valence electrons. The Kier molecular flexibility index (Phi) is 5.75. The molecule has 5 nitrogen and oxygen atoms in total. The van der Waals surface area contributed by atoms with Crippen molar-refractivity contribution in [1.82, 2.24) is 10.2 Å². The van der Waals surface area contributed by atoms with Gasteiger partial charge in [-0.2, -0.15) is 0 Å². The van der Waals surface area contributed by atoms with Gasteiger partial charge in [0.1, 0.15) is 0 Å². The fraction of sp³-hybridized carbons (Fsp3) is 0.500. The van der Waals surface area contributed by atoms with Gasteiger partial charge in [-0.1, -0.05) is 30.3 Å². The molecule has 0 aromatic heterocycles. The van der Waals surface area contributed by atoms with E-state index in [4.69, 9.17) is 0 Å². The van der Waals surface area contributed by atoms with Gasteiger partial charge in [0.15, 0.2) is 6.10 Å². The summed E-state index contributed by atoms with van der Waals surface area (Å²) in [6.07, 6.45) is 2.41. The number of likely N-dealkylation sites (tertiary alicyclic amines) is 1. The van der Waals surface area contributed by atoms with Crippen LogP contribution in [0.1, 0.15) is 37.4 Å². The first-order chi connectivity index (χ1) is 10.2. The van der Waals surface area contributed by atoms with Crippen molar-refractivity contribution in [2.75, 3.05) is 19.6 Å². The highest BCUT2D eigenvalue weighted by molar-refractivity contribution is 5.83. The van der Waals surface area contributed by atoms with E-state index >= 15 is 0 Å². The summed E-state index contributed by atoms with van der Waals surface area (Å²) in [5.74, 6) is -0.392. The first kappa shape index (κ1) is 15.5. The third kappa shape index (κ3) is 4.56. The van der Waals surface area contributed by atoms with Crippen LogP contribution >= 0.6 is 0 Å². The van der Waals surface area contributed by atoms with Gasteiger partial charge in [0.2, 0.25) is 5.91 Å². The number of nitrogens with one attached hydrogen (secondary N) is 1. The van der Waals surface area contributed by atoms with E-state index in [-0.39, 0.29) is 18.9 Å². The quantitative estimate of drug-likeness (QED) is 0.857. The van der Waals surface area contributed by atoms with Gasteiger partial charge in [0.05, 0.1) is 0 Å². The van der Waals surface area contributed by atoms with Crippen LogP contribution in [0.2, 0.25) is 0 Å². The van der Waals surface area contributed by atoms with Gasteiger partial charge in [-0.05, 0) is 24.8 Å². The van der Waals surface area contributed by atoms with Crippen LogP contribution in [0.25, 0.3) is 0 Å². The molecule has 0 radical (unpaired) electrons. The fourth-order valence-corrected chi connectivity index (χ4v) is 2.48. The number of carbonyl (C=O) groups excluding carboxylic acids is 2. The fourth-order valence-electron chi connectivity index (χ4n) is 2.48. The van der Waals surface area contributed by atoms with Crippen LogP contribution in [-0.4, -0.2) is 41.5 Å². The van der Waals surface area contributed by atoms with Gasteiger partial charge in [0, 0.05) is 26.1 Å². The predicted molar refractivity (Wildman–Crippen MR) is 79.5 cm³/mol. The normalized spacial score (nSPS) is 16.3. The lowest BCUT2D eigenvalue weighted by atomic mass is 10.1. The minimum atomic E-state index is -1.18. The summed E-state index contributed by atoms with van der Waals surface area (Å²) in [5.41, 5.74) is 0.553. The van der Waals surface area contributed by atoms with Gasteiger partial charge in [0.25, 0.3) is 5.91 Å². The average Bonchev–Trinajstić information content (AvgIpc) is 2.55. The van der Waals surface area contributed by atoms with Crippen molar-refractivity contribution < 1.29 is 14.7 Å². The summed E-state index contributed by atoms with van der Waals surface area (Å²) in [4.78, 5) is 25.6. The van der Waals surface area contributed by atoms with Gasteiger partial charge < -0.3 is 15.3 Å². The smallest absolute Gasteiger partial charge is 0.253 e. The monoisotopic (exact) mass is 290 g/mol. The standard InChI is InChI=1S/C16H22N2O3/c19-14(18-11-5-2-6-12-18)9-10-17-16(21)15(20)13-7-3-1-4-8-13/h1,3-4,7-8,15,20H,2,5-6,9-12H2,(H,17,21). The lowest BCUT2D eigenvalue weighted by Crippen LogP contribution is -2.38. The number of benzene rings is 1. The average molecular weight is 290 g/mol. The van der Waals surface area contributed by atoms with Gasteiger partial charge >= 0.3 is 0 Å². The zero-order valence-electron chi connectivity index (χ0n) is 12.1. The third-order valence-corrected chi connectivity index (χ3v) is 3.71. The Hall–Kier alpha value is -1.88. The maximum atomic E-state index is 11.9. The van der Waals surface area contributed by atoms with E-state index in [0.717, 1.165) is 25.9 Å². The molecule has 2 N–H and O–H groups in total. The Morgan fingerprint density at radius 3 is 2.48 bits per heavy atom. The number of piperidine rings is 1. The van der Waals surface area contributed by atoms with Gasteiger partial charge in [-0.25, -0.2) is 0 Å². The van der Waals surface area contributed by atoms with E-state index in [9.17, 15) is 14.7 Å². The summed E-state index contributed by atoms with van der Waals surface area (Å²) in [5, 5.41) is 12.5. The molecule has 1 aliphatic rings. The Morgan fingerprint density at radius 1 is 1.14 bits per heavy atom. The molecule has 0 spiro atoms. The molecule has 0 saturated carbocycles. The molecule has 0 bridgehead atoms. The molecule has 21 heavy (non-hydrogen) atoms. The minimum Gasteiger partial charge on any atom is -0.378 e. The molecule has 1 aromatic carbocycles. The molecular formula is C16H22N2O3. The lowest BCUT2D eigenvalue weighted by molar-refractivity contribution is -0.132. The van der Waals surface area contributed by atoms with Crippen LogP contribution < -0.4 is 5.32 Å². The van der Waals surface area contributed by atoms with Crippen LogP contribution in [0.15, 0.2) is 30.3 Å². The number of carbonyl (C=O) groups is 2. The van der Waals surface area contributed by atoms with Crippen LogP contribution in [-0.2, 0) is 9.59 Å². The SMILES string of the molecule is O=C(NCCC(=O)N1CCCCC1)C(O)c1ccccc1. The summed E-state index contributed by atoms with van der Waals surface area (Å²) in [7, 11) is 0. The number of rotatable bonds is 5. The molecule has 1 atom stereocenters. The first-order valence-electron chi connectivity index (χ1n) is 7.47. The zero-order chi connectivity index (χ0) is 15.1. The maximum absolute atomic E-state index is 11.9. The van der Waals surface area contributed by atoms with E-state index in [1.165, 1.54) is 6.42 Å².